The van der Waals surface area contributed by atoms with Gasteiger partial charge in [-0.2, -0.15) is 4.57 Å². The van der Waals surface area contributed by atoms with Gasteiger partial charge in [0.15, 0.2) is 16.7 Å². The van der Waals surface area contributed by atoms with Gasteiger partial charge in [0.1, 0.15) is 0 Å². The molecule has 1 aliphatic heterocycles. The average molecular weight is 487 g/mol. The first-order valence-corrected chi connectivity index (χ1v) is 11.8. The van der Waals surface area contributed by atoms with Crippen LogP contribution in [0.25, 0.3) is 11.0 Å². The second kappa shape index (κ2) is 9.57. The number of nitrogens with one attached hydrogen (secondary N) is 1. The van der Waals surface area contributed by atoms with Crippen LogP contribution in [0.1, 0.15) is 41.0 Å². The lowest BCUT2D eigenvalue weighted by molar-refractivity contribution is -0.392. The maximum atomic E-state index is 13.9. The number of fused-ring (bicyclic) bond motifs is 1. The SMILES string of the molecule is O=C(c1cc([N+](=O)[O-])c(N2CCCCC2)c([N+](=O)[O-])c1)n1c(Cc2ccccc2)[nH+]c2ccccc21. The Balaban J connectivity index is 1.67. The molecule has 10 heteroatoms. The molecule has 3 aromatic carbocycles. The molecule has 1 N–H and O–H groups in total. The Morgan fingerprint density at radius 2 is 1.47 bits per heavy atom. The molecule has 0 aliphatic carbocycles. The van der Waals surface area contributed by atoms with E-state index in [9.17, 15) is 25.0 Å². The number of imidazole rings is 1. The molecule has 0 atom stereocenters. The first-order valence-electron chi connectivity index (χ1n) is 11.8. The first-order chi connectivity index (χ1) is 17.4. The Hall–Kier alpha value is -4.60. The van der Waals surface area contributed by atoms with Gasteiger partial charge in [-0.15, -0.1) is 0 Å². The standard InChI is InChI=1S/C26H23N5O5/c32-26(29-21-12-6-5-11-20(21)27-24(29)15-18-9-3-1-4-10-18)19-16-22(30(33)34)25(23(17-19)31(35)36)28-13-7-2-8-14-28/h1,3-6,9-12,16-17H,2,7-8,13-15H2/p+1. The Morgan fingerprint density at radius 3 is 2.11 bits per heavy atom. The molecule has 1 aliphatic rings. The molecule has 0 spiro atoms. The van der Waals surface area contributed by atoms with E-state index in [2.05, 4.69) is 4.98 Å². The summed E-state index contributed by atoms with van der Waals surface area (Å²) < 4.78 is 1.45. The predicted octanol–water partition coefficient (Wildman–Crippen LogP) is 4.54. The summed E-state index contributed by atoms with van der Waals surface area (Å²) in [5, 5.41) is 24.1. The summed E-state index contributed by atoms with van der Waals surface area (Å²) in [6, 6.07) is 19.1. The van der Waals surface area contributed by atoms with Gasteiger partial charge in [0.2, 0.25) is 0 Å². The van der Waals surface area contributed by atoms with Gasteiger partial charge in [-0.1, -0.05) is 42.5 Å². The van der Waals surface area contributed by atoms with Crippen molar-refractivity contribution < 1.29 is 19.6 Å². The zero-order valence-corrected chi connectivity index (χ0v) is 19.4. The number of nitro groups is 2. The van der Waals surface area contributed by atoms with Crippen LogP contribution in [0.3, 0.4) is 0 Å². The number of rotatable bonds is 6. The Labute approximate surface area is 206 Å². The number of anilines is 1. The number of benzene rings is 3. The third-order valence-electron chi connectivity index (χ3n) is 6.49. The minimum atomic E-state index is -0.640. The number of carbonyl (C=O) groups is 1. The van der Waals surface area contributed by atoms with Gasteiger partial charge in [-0.05, 0) is 37.0 Å². The molecule has 4 aromatic rings. The highest BCUT2D eigenvalue weighted by atomic mass is 16.6. The second-order valence-electron chi connectivity index (χ2n) is 8.82. The van der Waals surface area contributed by atoms with E-state index in [1.54, 1.807) is 17.0 Å². The van der Waals surface area contributed by atoms with Crippen LogP contribution >= 0.6 is 0 Å². The van der Waals surface area contributed by atoms with Crippen LogP contribution in [-0.4, -0.2) is 33.4 Å². The molecule has 0 radical (unpaired) electrons. The summed E-state index contributed by atoms with van der Waals surface area (Å²) in [5.74, 6) is -0.00686. The first kappa shape index (κ1) is 23.2. The summed E-state index contributed by atoms with van der Waals surface area (Å²) in [5.41, 5.74) is 1.25. The number of piperidine rings is 1. The van der Waals surface area contributed by atoms with Crippen molar-refractivity contribution in [3.63, 3.8) is 0 Å². The van der Waals surface area contributed by atoms with Gasteiger partial charge in [0.05, 0.1) is 21.8 Å². The molecule has 1 aromatic heterocycles. The molecule has 0 amide bonds. The van der Waals surface area contributed by atoms with Crippen molar-refractivity contribution in [3.8, 4) is 0 Å². The predicted molar refractivity (Wildman–Crippen MR) is 133 cm³/mol. The highest BCUT2D eigenvalue weighted by Gasteiger charge is 2.35. The Kier molecular flexibility index (Phi) is 6.16. The maximum Gasteiger partial charge on any atom is 0.346 e. The minimum Gasteiger partial charge on any atom is -0.360 e. The number of hydrogen-bond acceptors (Lipinski definition) is 6. The lowest BCUT2D eigenvalue weighted by Crippen LogP contribution is -2.31. The van der Waals surface area contributed by atoms with Crippen molar-refractivity contribution in [1.29, 1.82) is 0 Å². The van der Waals surface area contributed by atoms with Gasteiger partial charge in [0.25, 0.3) is 5.82 Å². The van der Waals surface area contributed by atoms with E-state index in [-0.39, 0.29) is 11.3 Å². The Bertz CT molecular complexity index is 1440. The minimum absolute atomic E-state index is 0.0327. The number of carbonyl (C=O) groups excluding carboxylic acids is 1. The molecule has 5 rings (SSSR count). The van der Waals surface area contributed by atoms with Gasteiger partial charge < -0.3 is 4.90 Å². The zero-order chi connectivity index (χ0) is 25.2. The van der Waals surface area contributed by atoms with Crippen LogP contribution < -0.4 is 9.88 Å². The molecule has 1 fully saturated rings. The van der Waals surface area contributed by atoms with E-state index >= 15 is 0 Å². The van der Waals surface area contributed by atoms with E-state index in [0.29, 0.717) is 36.4 Å². The van der Waals surface area contributed by atoms with E-state index in [0.717, 1.165) is 24.8 Å². The molecule has 0 saturated carbocycles. The summed E-state index contributed by atoms with van der Waals surface area (Å²) in [6.45, 7) is 0.987. The van der Waals surface area contributed by atoms with Crippen LogP contribution in [0.4, 0.5) is 17.1 Å². The largest absolute Gasteiger partial charge is 0.360 e. The monoisotopic (exact) mass is 486 g/mol. The lowest BCUT2D eigenvalue weighted by Gasteiger charge is -2.28. The summed E-state index contributed by atoms with van der Waals surface area (Å²) in [4.78, 5) is 41.6. The van der Waals surface area contributed by atoms with Crippen LogP contribution in [-0.2, 0) is 6.42 Å². The van der Waals surface area contributed by atoms with Crippen molar-refractivity contribution in [2.45, 2.75) is 25.7 Å². The number of hydrogen-bond donors (Lipinski definition) is 0. The topological polar surface area (TPSA) is 126 Å². The van der Waals surface area contributed by atoms with Gasteiger partial charge in [0, 0.05) is 25.2 Å². The van der Waals surface area contributed by atoms with Crippen molar-refractivity contribution in [1.82, 2.24) is 4.57 Å². The zero-order valence-electron chi connectivity index (χ0n) is 19.4. The molecule has 1 saturated heterocycles. The fraction of sp³-hybridized carbons (Fsp3) is 0.231. The highest BCUT2D eigenvalue weighted by Crippen LogP contribution is 2.40. The Morgan fingerprint density at radius 1 is 0.861 bits per heavy atom. The fourth-order valence-electron chi connectivity index (χ4n) is 4.85. The molecule has 0 unspecified atom stereocenters. The van der Waals surface area contributed by atoms with E-state index in [1.165, 1.54) is 16.7 Å². The molecule has 2 heterocycles. The fourth-order valence-corrected chi connectivity index (χ4v) is 4.85. The van der Waals surface area contributed by atoms with Crippen molar-refractivity contribution in [3.05, 3.63) is 104 Å². The number of H-pyrrole nitrogens is 1. The normalized spacial score (nSPS) is 13.6. The second-order valence-corrected chi connectivity index (χ2v) is 8.82. The van der Waals surface area contributed by atoms with E-state index in [1.807, 2.05) is 42.5 Å². The molecule has 36 heavy (non-hydrogen) atoms. The van der Waals surface area contributed by atoms with E-state index in [4.69, 9.17) is 0 Å². The molecular formula is C26H24N5O5+. The summed E-state index contributed by atoms with van der Waals surface area (Å²) in [7, 11) is 0. The van der Waals surface area contributed by atoms with Crippen LogP contribution in [0.5, 0.6) is 0 Å². The molecule has 182 valence electrons. The number of aromatic nitrogens is 2. The summed E-state index contributed by atoms with van der Waals surface area (Å²) >= 11 is 0. The van der Waals surface area contributed by atoms with Gasteiger partial charge in [-0.3, -0.25) is 20.2 Å². The van der Waals surface area contributed by atoms with Crippen LogP contribution in [0.15, 0.2) is 66.7 Å². The molecular weight excluding hydrogens is 462 g/mol. The third-order valence-corrected chi connectivity index (χ3v) is 6.49. The smallest absolute Gasteiger partial charge is 0.346 e. The highest BCUT2D eigenvalue weighted by molar-refractivity contribution is 6.03. The quantitative estimate of drug-likeness (QED) is 0.291. The number of nitrogens with zero attached hydrogens (tertiary/aromatic N) is 4. The number of para-hydroxylation sites is 2. The third kappa shape index (κ3) is 4.28. The number of aromatic amines is 1. The maximum absolute atomic E-state index is 13.9. The van der Waals surface area contributed by atoms with Crippen molar-refractivity contribution in [2.24, 2.45) is 0 Å². The van der Waals surface area contributed by atoms with Crippen LogP contribution in [0, 0.1) is 20.2 Å². The lowest BCUT2D eigenvalue weighted by atomic mass is 10.1. The summed E-state index contributed by atoms with van der Waals surface area (Å²) in [6.07, 6.45) is 2.96. The van der Waals surface area contributed by atoms with Gasteiger partial charge in [-0.25, -0.2) is 9.78 Å². The van der Waals surface area contributed by atoms with Crippen molar-refractivity contribution >= 4 is 34.0 Å². The number of nitro benzene ring substituents is 2. The molecule has 0 bridgehead atoms. The van der Waals surface area contributed by atoms with Gasteiger partial charge >= 0.3 is 17.3 Å². The van der Waals surface area contributed by atoms with Crippen LogP contribution in [0.2, 0.25) is 0 Å². The van der Waals surface area contributed by atoms with Crippen molar-refractivity contribution in [2.75, 3.05) is 18.0 Å². The van der Waals surface area contributed by atoms with E-state index < -0.39 is 27.1 Å². The average Bonchev–Trinajstić information content (AvgIpc) is 3.26. The molecule has 10 nitrogen and oxygen atoms in total.